The first-order valence-corrected chi connectivity index (χ1v) is 7.43. The minimum absolute atomic E-state index is 0.00760. The molecule has 1 aromatic carbocycles. The van der Waals surface area contributed by atoms with E-state index >= 15 is 0 Å². The van der Waals surface area contributed by atoms with E-state index in [4.69, 9.17) is 0 Å². The van der Waals surface area contributed by atoms with Crippen molar-refractivity contribution in [3.05, 3.63) is 30.3 Å². The molecule has 1 aliphatic heterocycles. The molecule has 96 valence electrons. The van der Waals surface area contributed by atoms with E-state index in [1.54, 1.807) is 0 Å². The number of nitrogens with one attached hydrogen (secondary N) is 1. The van der Waals surface area contributed by atoms with Gasteiger partial charge in [-0.05, 0) is 31.9 Å². The third-order valence-corrected chi connectivity index (χ3v) is 5.36. The highest BCUT2D eigenvalue weighted by Gasteiger charge is 2.51. The van der Waals surface area contributed by atoms with Crippen LogP contribution in [0.3, 0.4) is 0 Å². The van der Waals surface area contributed by atoms with Crippen molar-refractivity contribution in [3.63, 3.8) is 0 Å². The minimum Gasteiger partial charge on any atom is -0.295 e. The van der Waals surface area contributed by atoms with Crippen molar-refractivity contribution in [1.82, 2.24) is 5.01 Å². The molecule has 0 radical (unpaired) electrons. The molecule has 4 heteroatoms. The van der Waals surface area contributed by atoms with Gasteiger partial charge in [0.1, 0.15) is 4.87 Å². The summed E-state index contributed by atoms with van der Waals surface area (Å²) >= 11 is 1.82. The van der Waals surface area contributed by atoms with Crippen LogP contribution in [-0.2, 0) is 4.79 Å². The molecule has 2 aliphatic rings. The lowest BCUT2D eigenvalue weighted by atomic mass is 10.2. The lowest BCUT2D eigenvalue weighted by molar-refractivity contribution is -0.130. The number of benzene rings is 1. The van der Waals surface area contributed by atoms with Crippen LogP contribution in [0.15, 0.2) is 30.3 Å². The van der Waals surface area contributed by atoms with Gasteiger partial charge in [-0.2, -0.15) is 0 Å². The molecule has 18 heavy (non-hydrogen) atoms. The van der Waals surface area contributed by atoms with E-state index < -0.39 is 0 Å². The summed E-state index contributed by atoms with van der Waals surface area (Å²) in [5.74, 6) is 0.214. The fourth-order valence-corrected chi connectivity index (χ4v) is 4.51. The Labute approximate surface area is 112 Å². The lowest BCUT2D eigenvalue weighted by Crippen LogP contribution is -2.46. The Morgan fingerprint density at radius 2 is 1.94 bits per heavy atom. The van der Waals surface area contributed by atoms with Gasteiger partial charge in [0, 0.05) is 0 Å². The summed E-state index contributed by atoms with van der Waals surface area (Å²) in [6.07, 6.45) is 4.65. The van der Waals surface area contributed by atoms with E-state index in [2.05, 4.69) is 5.43 Å². The molecule has 1 saturated carbocycles. The normalized spacial score (nSPS) is 25.9. The van der Waals surface area contributed by atoms with Crippen LogP contribution in [0, 0.1) is 0 Å². The maximum absolute atomic E-state index is 12.3. The number of rotatable bonds is 2. The Morgan fingerprint density at radius 3 is 2.61 bits per heavy atom. The van der Waals surface area contributed by atoms with Gasteiger partial charge < -0.3 is 0 Å². The first kappa shape index (κ1) is 11.9. The number of para-hydroxylation sites is 1. The van der Waals surface area contributed by atoms with Crippen LogP contribution in [0.25, 0.3) is 0 Å². The van der Waals surface area contributed by atoms with Crippen molar-refractivity contribution in [2.45, 2.75) is 42.7 Å². The van der Waals surface area contributed by atoms with Gasteiger partial charge >= 0.3 is 0 Å². The van der Waals surface area contributed by atoms with Crippen molar-refractivity contribution in [2.24, 2.45) is 0 Å². The average Bonchev–Trinajstić information content (AvgIpc) is 2.93. The Balaban J connectivity index is 1.86. The van der Waals surface area contributed by atoms with Crippen molar-refractivity contribution in [1.29, 1.82) is 0 Å². The van der Waals surface area contributed by atoms with Crippen LogP contribution in [0.1, 0.15) is 32.6 Å². The number of nitrogens with zero attached hydrogens (tertiary/aromatic N) is 1. The number of hydrogen-bond donors (Lipinski definition) is 1. The predicted molar refractivity (Wildman–Crippen MR) is 75.2 cm³/mol. The molecule has 2 fully saturated rings. The maximum atomic E-state index is 12.3. The summed E-state index contributed by atoms with van der Waals surface area (Å²) in [5, 5.41) is 1.96. The summed E-state index contributed by atoms with van der Waals surface area (Å²) in [6, 6.07) is 9.97. The van der Waals surface area contributed by atoms with E-state index in [1.807, 2.05) is 54.0 Å². The van der Waals surface area contributed by atoms with E-state index in [-0.39, 0.29) is 16.0 Å². The maximum Gasteiger partial charge on any atom is 0.255 e. The predicted octanol–water partition coefficient (Wildman–Crippen LogP) is 3.25. The molecule has 1 atom stereocenters. The van der Waals surface area contributed by atoms with Gasteiger partial charge in [-0.3, -0.25) is 10.2 Å². The zero-order valence-electron chi connectivity index (χ0n) is 10.6. The second-order valence-corrected chi connectivity index (χ2v) is 6.77. The van der Waals surface area contributed by atoms with Gasteiger partial charge in [0.05, 0.1) is 10.9 Å². The van der Waals surface area contributed by atoms with Gasteiger partial charge in [-0.15, -0.1) is 11.8 Å². The van der Waals surface area contributed by atoms with Gasteiger partial charge in [-0.1, -0.05) is 31.0 Å². The number of hydrogen-bond acceptors (Lipinski definition) is 3. The van der Waals surface area contributed by atoms with E-state index in [1.165, 1.54) is 12.8 Å². The highest BCUT2D eigenvalue weighted by atomic mass is 32.2. The molecule has 0 bridgehead atoms. The van der Waals surface area contributed by atoms with Crippen LogP contribution >= 0.6 is 11.8 Å². The first-order chi connectivity index (χ1) is 8.71. The molecule has 3 rings (SSSR count). The van der Waals surface area contributed by atoms with Crippen molar-refractivity contribution in [3.8, 4) is 0 Å². The molecular formula is C14H18N2OS. The molecule has 1 N–H and O–H groups in total. The molecule has 1 unspecified atom stereocenters. The molecule has 1 heterocycles. The van der Waals surface area contributed by atoms with Crippen LogP contribution < -0.4 is 5.43 Å². The second kappa shape index (κ2) is 4.50. The summed E-state index contributed by atoms with van der Waals surface area (Å²) in [6.45, 7) is 2.01. The fraction of sp³-hybridized carbons (Fsp3) is 0.500. The number of carbonyl (C=O) groups is 1. The zero-order chi connectivity index (χ0) is 12.6. The summed E-state index contributed by atoms with van der Waals surface area (Å²) < 4.78 is 0. The SMILES string of the molecule is CC1SC2(CCCC2)N(Nc2ccccc2)C1=O. The Hall–Kier alpha value is -1.16. The van der Waals surface area contributed by atoms with E-state index in [0.29, 0.717) is 0 Å². The first-order valence-electron chi connectivity index (χ1n) is 6.55. The Morgan fingerprint density at radius 1 is 1.28 bits per heavy atom. The minimum atomic E-state index is -0.00760. The van der Waals surface area contributed by atoms with E-state index in [9.17, 15) is 4.79 Å². The molecule has 3 nitrogen and oxygen atoms in total. The average molecular weight is 262 g/mol. The molecule has 1 aromatic rings. The quantitative estimate of drug-likeness (QED) is 0.888. The van der Waals surface area contributed by atoms with Gasteiger partial charge in [0.15, 0.2) is 0 Å². The third kappa shape index (κ3) is 1.88. The van der Waals surface area contributed by atoms with Crippen LogP contribution in [-0.4, -0.2) is 21.0 Å². The highest BCUT2D eigenvalue weighted by molar-refractivity contribution is 8.02. The number of hydrazine groups is 1. The van der Waals surface area contributed by atoms with Crippen LogP contribution in [0.5, 0.6) is 0 Å². The molecular weight excluding hydrogens is 244 g/mol. The smallest absolute Gasteiger partial charge is 0.255 e. The second-order valence-electron chi connectivity index (χ2n) is 5.06. The van der Waals surface area contributed by atoms with Crippen LogP contribution in [0.2, 0.25) is 0 Å². The largest absolute Gasteiger partial charge is 0.295 e. The number of thioether (sulfide) groups is 1. The molecule has 0 aromatic heterocycles. The van der Waals surface area contributed by atoms with Crippen molar-refractivity contribution < 1.29 is 4.79 Å². The zero-order valence-corrected chi connectivity index (χ0v) is 11.4. The van der Waals surface area contributed by atoms with Crippen LogP contribution in [0.4, 0.5) is 5.69 Å². The van der Waals surface area contributed by atoms with Crippen molar-refractivity contribution >= 4 is 23.4 Å². The number of carbonyl (C=O) groups excluding carboxylic acids is 1. The molecule has 1 amide bonds. The molecule has 1 spiro atoms. The van der Waals surface area contributed by atoms with Gasteiger partial charge in [-0.25, -0.2) is 5.01 Å². The summed E-state index contributed by atoms with van der Waals surface area (Å²) in [7, 11) is 0. The summed E-state index contributed by atoms with van der Waals surface area (Å²) in [5.41, 5.74) is 4.31. The Bertz CT molecular complexity index is 442. The topological polar surface area (TPSA) is 32.3 Å². The lowest BCUT2D eigenvalue weighted by Gasteiger charge is -2.34. The third-order valence-electron chi connectivity index (χ3n) is 3.77. The monoisotopic (exact) mass is 262 g/mol. The van der Waals surface area contributed by atoms with Crippen molar-refractivity contribution in [2.75, 3.05) is 5.43 Å². The Kier molecular flexibility index (Phi) is 2.98. The molecule has 1 aliphatic carbocycles. The number of amides is 1. The van der Waals surface area contributed by atoms with Gasteiger partial charge in [0.2, 0.25) is 0 Å². The standard InChI is InChI=1S/C14H18N2OS/c1-11-13(17)16(14(18-11)9-5-6-10-14)15-12-7-3-2-4-8-12/h2-4,7-8,11,15H,5-6,9-10H2,1H3. The van der Waals surface area contributed by atoms with E-state index in [0.717, 1.165) is 18.5 Å². The number of anilines is 1. The molecule has 1 saturated heterocycles. The fourth-order valence-electron chi connectivity index (χ4n) is 2.88. The highest BCUT2D eigenvalue weighted by Crippen LogP contribution is 2.51. The summed E-state index contributed by atoms with van der Waals surface area (Å²) in [4.78, 5) is 12.3. The van der Waals surface area contributed by atoms with Gasteiger partial charge in [0.25, 0.3) is 5.91 Å².